The average Bonchev–Trinajstić information content (AvgIpc) is 3.47. The highest BCUT2D eigenvalue weighted by atomic mass is 32.2. The van der Waals surface area contributed by atoms with Gasteiger partial charge in [-0.3, -0.25) is 9.52 Å². The number of nitrogens with one attached hydrogen (secondary N) is 2. The predicted molar refractivity (Wildman–Crippen MR) is 105 cm³/mol. The van der Waals surface area contributed by atoms with E-state index in [1.165, 1.54) is 12.1 Å². The Kier molecular flexibility index (Phi) is 5.41. The highest BCUT2D eigenvalue weighted by Gasteiger charge is 2.29. The first-order valence-corrected chi connectivity index (χ1v) is 10.4. The SMILES string of the molecule is COc1ccc(NS(=O)(=O)c2ccc(C)c(C(=O)NC(C)C3CC3)c2)cc1. The molecule has 0 aromatic heterocycles. The lowest BCUT2D eigenvalue weighted by atomic mass is 10.1. The van der Waals surface area contributed by atoms with E-state index in [0.717, 1.165) is 18.4 Å². The molecule has 0 radical (unpaired) electrons. The number of rotatable bonds is 7. The van der Waals surface area contributed by atoms with E-state index in [0.29, 0.717) is 22.9 Å². The van der Waals surface area contributed by atoms with Gasteiger partial charge in [0.15, 0.2) is 0 Å². The summed E-state index contributed by atoms with van der Waals surface area (Å²) in [5.41, 5.74) is 1.53. The summed E-state index contributed by atoms with van der Waals surface area (Å²) >= 11 is 0. The van der Waals surface area contributed by atoms with E-state index in [9.17, 15) is 13.2 Å². The van der Waals surface area contributed by atoms with Gasteiger partial charge < -0.3 is 10.1 Å². The number of anilines is 1. The number of hydrogen-bond donors (Lipinski definition) is 2. The largest absolute Gasteiger partial charge is 0.497 e. The summed E-state index contributed by atoms with van der Waals surface area (Å²) in [6, 6.07) is 11.3. The van der Waals surface area contributed by atoms with Gasteiger partial charge in [0.2, 0.25) is 0 Å². The Morgan fingerprint density at radius 2 is 1.81 bits per heavy atom. The van der Waals surface area contributed by atoms with Crippen LogP contribution in [-0.2, 0) is 10.0 Å². The maximum absolute atomic E-state index is 12.7. The standard InChI is InChI=1S/C20H24N2O4S/c1-13-4-11-18(12-19(13)20(23)21-14(2)15-5-6-15)27(24,25)22-16-7-9-17(26-3)10-8-16/h4,7-12,14-15,22H,5-6H2,1-3H3,(H,21,23). The van der Waals surface area contributed by atoms with Gasteiger partial charge in [-0.05, 0) is 74.6 Å². The van der Waals surface area contributed by atoms with Gasteiger partial charge in [-0.1, -0.05) is 6.07 Å². The van der Waals surface area contributed by atoms with Crippen molar-refractivity contribution in [1.82, 2.24) is 5.32 Å². The lowest BCUT2D eigenvalue weighted by Crippen LogP contribution is -2.34. The third kappa shape index (κ3) is 4.60. The number of carbonyl (C=O) groups is 1. The molecule has 0 heterocycles. The van der Waals surface area contributed by atoms with Gasteiger partial charge in [-0.15, -0.1) is 0 Å². The second-order valence-corrected chi connectivity index (χ2v) is 8.59. The first-order chi connectivity index (χ1) is 12.8. The molecule has 1 unspecified atom stereocenters. The predicted octanol–water partition coefficient (Wildman–Crippen LogP) is 3.33. The third-order valence-corrected chi connectivity index (χ3v) is 6.17. The van der Waals surface area contributed by atoms with Crippen LogP contribution in [0, 0.1) is 12.8 Å². The Labute approximate surface area is 160 Å². The lowest BCUT2D eigenvalue weighted by Gasteiger charge is -2.15. The van der Waals surface area contributed by atoms with E-state index in [4.69, 9.17) is 4.74 Å². The van der Waals surface area contributed by atoms with Gasteiger partial charge in [-0.2, -0.15) is 0 Å². The van der Waals surface area contributed by atoms with Gasteiger partial charge in [0.25, 0.3) is 15.9 Å². The zero-order valence-electron chi connectivity index (χ0n) is 15.7. The minimum Gasteiger partial charge on any atom is -0.497 e. The summed E-state index contributed by atoms with van der Waals surface area (Å²) in [6.07, 6.45) is 2.25. The Hall–Kier alpha value is -2.54. The lowest BCUT2D eigenvalue weighted by molar-refractivity contribution is 0.0935. The number of carbonyl (C=O) groups excluding carboxylic acids is 1. The monoisotopic (exact) mass is 388 g/mol. The number of sulfonamides is 1. The molecule has 2 N–H and O–H groups in total. The fraction of sp³-hybridized carbons (Fsp3) is 0.350. The zero-order valence-corrected chi connectivity index (χ0v) is 16.5. The van der Waals surface area contributed by atoms with Crippen LogP contribution in [0.15, 0.2) is 47.4 Å². The summed E-state index contributed by atoms with van der Waals surface area (Å²) in [7, 11) is -2.27. The Morgan fingerprint density at radius 1 is 1.15 bits per heavy atom. The summed E-state index contributed by atoms with van der Waals surface area (Å²) in [4.78, 5) is 12.6. The van der Waals surface area contributed by atoms with Crippen molar-refractivity contribution >= 4 is 21.6 Å². The Bertz CT molecular complexity index is 935. The molecule has 1 fully saturated rings. The summed E-state index contributed by atoms with van der Waals surface area (Å²) < 4.78 is 33.0. The van der Waals surface area contributed by atoms with Crippen molar-refractivity contribution in [3.05, 3.63) is 53.6 Å². The summed E-state index contributed by atoms with van der Waals surface area (Å²) in [5.74, 6) is 0.920. The number of benzene rings is 2. The van der Waals surface area contributed by atoms with Crippen LogP contribution in [-0.4, -0.2) is 27.5 Å². The van der Waals surface area contributed by atoms with Crippen molar-refractivity contribution in [3.63, 3.8) is 0 Å². The average molecular weight is 388 g/mol. The second-order valence-electron chi connectivity index (χ2n) is 6.91. The maximum Gasteiger partial charge on any atom is 0.261 e. The molecule has 1 amide bonds. The zero-order chi connectivity index (χ0) is 19.6. The van der Waals surface area contributed by atoms with Crippen molar-refractivity contribution in [2.45, 2.75) is 37.6 Å². The van der Waals surface area contributed by atoms with Crippen molar-refractivity contribution in [2.24, 2.45) is 5.92 Å². The quantitative estimate of drug-likeness (QED) is 0.762. The molecule has 0 bridgehead atoms. The molecule has 144 valence electrons. The molecule has 0 spiro atoms. The van der Waals surface area contributed by atoms with E-state index in [1.54, 1.807) is 44.4 Å². The van der Waals surface area contributed by atoms with Crippen molar-refractivity contribution < 1.29 is 17.9 Å². The normalized spacial score (nSPS) is 15.1. The Morgan fingerprint density at radius 3 is 2.41 bits per heavy atom. The van der Waals surface area contributed by atoms with Crippen molar-refractivity contribution in [2.75, 3.05) is 11.8 Å². The number of ether oxygens (including phenoxy) is 1. The molecular formula is C20H24N2O4S. The highest BCUT2D eigenvalue weighted by Crippen LogP contribution is 2.32. The van der Waals surface area contributed by atoms with Crippen LogP contribution in [0.2, 0.25) is 0 Å². The molecule has 27 heavy (non-hydrogen) atoms. The molecule has 2 aromatic rings. The van der Waals surface area contributed by atoms with E-state index in [1.807, 2.05) is 6.92 Å². The molecule has 0 aliphatic heterocycles. The van der Waals surface area contributed by atoms with Gasteiger partial charge in [-0.25, -0.2) is 8.42 Å². The van der Waals surface area contributed by atoms with E-state index in [-0.39, 0.29) is 16.8 Å². The molecule has 1 atom stereocenters. The molecule has 2 aromatic carbocycles. The molecule has 3 rings (SSSR count). The highest BCUT2D eigenvalue weighted by molar-refractivity contribution is 7.92. The van der Waals surface area contributed by atoms with Crippen molar-refractivity contribution in [3.8, 4) is 5.75 Å². The third-order valence-electron chi connectivity index (χ3n) is 4.79. The van der Waals surface area contributed by atoms with Crippen molar-refractivity contribution in [1.29, 1.82) is 0 Å². The molecule has 1 saturated carbocycles. The molecule has 0 saturated heterocycles. The number of methoxy groups -OCH3 is 1. The minimum atomic E-state index is -3.81. The van der Waals surface area contributed by atoms with Crippen LogP contribution < -0.4 is 14.8 Å². The molecule has 1 aliphatic carbocycles. The first kappa shape index (κ1) is 19.2. The summed E-state index contributed by atoms with van der Waals surface area (Å²) in [5, 5.41) is 2.97. The van der Waals surface area contributed by atoms with Crippen LogP contribution in [0.3, 0.4) is 0 Å². The fourth-order valence-corrected chi connectivity index (χ4v) is 3.97. The molecule has 1 aliphatic rings. The topological polar surface area (TPSA) is 84.5 Å². The van der Waals surface area contributed by atoms with Crippen LogP contribution in [0.4, 0.5) is 5.69 Å². The Balaban J connectivity index is 1.81. The number of aryl methyl sites for hydroxylation is 1. The van der Waals surface area contributed by atoms with E-state index >= 15 is 0 Å². The number of amides is 1. The fourth-order valence-electron chi connectivity index (χ4n) is 2.88. The van der Waals surface area contributed by atoms with Gasteiger partial charge in [0.05, 0.1) is 12.0 Å². The molecular weight excluding hydrogens is 364 g/mol. The van der Waals surface area contributed by atoms with E-state index < -0.39 is 10.0 Å². The number of hydrogen-bond acceptors (Lipinski definition) is 4. The minimum absolute atomic E-state index is 0.0492. The van der Waals surface area contributed by atoms with Crippen LogP contribution in [0.5, 0.6) is 5.75 Å². The van der Waals surface area contributed by atoms with Gasteiger partial charge in [0, 0.05) is 17.3 Å². The second kappa shape index (κ2) is 7.60. The van der Waals surface area contributed by atoms with Crippen LogP contribution in [0.1, 0.15) is 35.7 Å². The summed E-state index contributed by atoms with van der Waals surface area (Å²) in [6.45, 7) is 3.78. The van der Waals surface area contributed by atoms with E-state index in [2.05, 4.69) is 10.0 Å². The van der Waals surface area contributed by atoms with Crippen LogP contribution >= 0.6 is 0 Å². The molecule has 7 heteroatoms. The smallest absolute Gasteiger partial charge is 0.261 e. The van der Waals surface area contributed by atoms with Crippen LogP contribution in [0.25, 0.3) is 0 Å². The first-order valence-electron chi connectivity index (χ1n) is 8.88. The van der Waals surface area contributed by atoms with Gasteiger partial charge >= 0.3 is 0 Å². The maximum atomic E-state index is 12.7. The molecule has 6 nitrogen and oxygen atoms in total. The van der Waals surface area contributed by atoms with Gasteiger partial charge in [0.1, 0.15) is 5.75 Å².